The van der Waals surface area contributed by atoms with Crippen molar-refractivity contribution in [3.63, 3.8) is 0 Å². The maximum Gasteiger partial charge on any atom is 0.254 e. The molecule has 178 valence electrons. The highest BCUT2D eigenvalue weighted by Crippen LogP contribution is 2.36. The molecule has 1 saturated heterocycles. The van der Waals surface area contributed by atoms with Gasteiger partial charge in [-0.1, -0.05) is 38.3 Å². The van der Waals surface area contributed by atoms with Gasteiger partial charge in [0.2, 0.25) is 5.88 Å². The van der Waals surface area contributed by atoms with Crippen LogP contribution in [0.4, 0.5) is 5.82 Å². The second-order valence-corrected chi connectivity index (χ2v) is 8.45. The number of anilines is 1. The van der Waals surface area contributed by atoms with Crippen LogP contribution in [0, 0.1) is 5.92 Å². The van der Waals surface area contributed by atoms with E-state index in [1.807, 2.05) is 30.3 Å². The summed E-state index contributed by atoms with van der Waals surface area (Å²) in [6, 6.07) is 19.8. The van der Waals surface area contributed by atoms with Crippen LogP contribution >= 0.6 is 0 Å². The van der Waals surface area contributed by atoms with Gasteiger partial charge in [0, 0.05) is 12.6 Å². The Bertz CT molecular complexity index is 1250. The van der Waals surface area contributed by atoms with Crippen molar-refractivity contribution < 1.29 is 19.1 Å². The van der Waals surface area contributed by atoms with Gasteiger partial charge in [0.15, 0.2) is 5.78 Å². The molecule has 0 saturated carbocycles. The van der Waals surface area contributed by atoms with E-state index in [0.29, 0.717) is 35.2 Å². The molecular formula is C28H27N3O4. The number of hydrogen-bond donors (Lipinski definition) is 1. The molecule has 0 aliphatic carbocycles. The topological polar surface area (TPSA) is 94.8 Å². The number of nitrogens with zero attached hydrogens (tertiary/aromatic N) is 2. The number of nitrogens with two attached hydrogens (primary N) is 1. The van der Waals surface area contributed by atoms with Gasteiger partial charge in [0.25, 0.3) is 5.91 Å². The molecule has 1 aromatic heterocycles. The Hall–Kier alpha value is -4.39. The Morgan fingerprint density at radius 1 is 1.03 bits per heavy atom. The van der Waals surface area contributed by atoms with Gasteiger partial charge in [-0.05, 0) is 72.5 Å². The molecule has 2 N–H and O–H groups in total. The molecule has 1 amide bonds. The highest BCUT2D eigenvalue weighted by Gasteiger charge is 2.37. The third-order valence-corrected chi connectivity index (χ3v) is 5.95. The smallest absolute Gasteiger partial charge is 0.254 e. The maximum atomic E-state index is 12.0. The van der Waals surface area contributed by atoms with Crippen LogP contribution in [0.3, 0.4) is 0 Å². The summed E-state index contributed by atoms with van der Waals surface area (Å²) in [7, 11) is 0. The molecule has 0 spiro atoms. The van der Waals surface area contributed by atoms with Crippen LogP contribution in [0.15, 0.2) is 91.5 Å². The van der Waals surface area contributed by atoms with Crippen molar-refractivity contribution in [2.45, 2.75) is 19.4 Å². The van der Waals surface area contributed by atoms with E-state index >= 15 is 0 Å². The normalized spacial score (nSPS) is 16.7. The zero-order chi connectivity index (χ0) is 24.9. The zero-order valence-electron chi connectivity index (χ0n) is 19.5. The lowest BCUT2D eigenvalue weighted by atomic mass is 9.85. The van der Waals surface area contributed by atoms with Crippen molar-refractivity contribution in [3.05, 3.63) is 97.1 Å². The fraction of sp³-hybridized carbons (Fsp3) is 0.179. The Labute approximate surface area is 204 Å². The van der Waals surface area contributed by atoms with Crippen LogP contribution in [0.2, 0.25) is 0 Å². The number of carbonyl (C=O) groups excluding carboxylic acids is 2. The van der Waals surface area contributed by atoms with E-state index in [1.165, 1.54) is 6.08 Å². The second-order valence-electron chi connectivity index (χ2n) is 8.45. The predicted molar refractivity (Wildman–Crippen MR) is 135 cm³/mol. The highest BCUT2D eigenvalue weighted by molar-refractivity contribution is 6.03. The van der Waals surface area contributed by atoms with Crippen molar-refractivity contribution in [2.24, 2.45) is 11.7 Å². The summed E-state index contributed by atoms with van der Waals surface area (Å²) in [5.41, 5.74) is 6.24. The van der Waals surface area contributed by atoms with Gasteiger partial charge in [-0.15, -0.1) is 0 Å². The van der Waals surface area contributed by atoms with E-state index in [1.54, 1.807) is 36.4 Å². The molecule has 7 nitrogen and oxygen atoms in total. The van der Waals surface area contributed by atoms with Gasteiger partial charge in [0.1, 0.15) is 28.6 Å². The first-order valence-electron chi connectivity index (χ1n) is 11.3. The number of benzene rings is 2. The molecule has 35 heavy (non-hydrogen) atoms. The molecule has 1 fully saturated rings. The molecule has 2 heterocycles. The number of pyridine rings is 1. The molecule has 2 atom stereocenters. The van der Waals surface area contributed by atoms with Gasteiger partial charge in [0.05, 0.1) is 0 Å². The minimum atomic E-state index is -0.637. The zero-order valence-corrected chi connectivity index (χ0v) is 19.5. The van der Waals surface area contributed by atoms with E-state index in [9.17, 15) is 9.59 Å². The molecule has 7 heteroatoms. The molecule has 1 aliphatic heterocycles. The third kappa shape index (κ3) is 5.41. The molecule has 0 bridgehead atoms. The molecule has 1 aliphatic rings. The van der Waals surface area contributed by atoms with E-state index in [4.69, 9.17) is 15.2 Å². The number of amides is 1. The van der Waals surface area contributed by atoms with Gasteiger partial charge in [-0.3, -0.25) is 9.59 Å². The average Bonchev–Trinajstić information content (AvgIpc) is 2.86. The van der Waals surface area contributed by atoms with E-state index in [0.717, 1.165) is 12.3 Å². The van der Waals surface area contributed by atoms with Crippen LogP contribution in [0.1, 0.15) is 23.7 Å². The van der Waals surface area contributed by atoms with Gasteiger partial charge < -0.3 is 20.1 Å². The number of ether oxygens (including phenoxy) is 2. The first-order valence-corrected chi connectivity index (χ1v) is 11.3. The average molecular weight is 470 g/mol. The molecule has 4 rings (SSSR count). The van der Waals surface area contributed by atoms with Crippen molar-refractivity contribution in [1.29, 1.82) is 0 Å². The summed E-state index contributed by atoms with van der Waals surface area (Å²) < 4.78 is 11.8. The monoisotopic (exact) mass is 469 g/mol. The predicted octanol–water partition coefficient (Wildman–Crippen LogP) is 5.29. The third-order valence-electron chi connectivity index (χ3n) is 5.95. The van der Waals surface area contributed by atoms with Crippen LogP contribution in [-0.2, 0) is 4.79 Å². The summed E-state index contributed by atoms with van der Waals surface area (Å²) >= 11 is 0. The molecule has 3 aromatic rings. The SMILES string of the molecule is C=CC(=O)C(=C)CC1C(C)CN1c1ccc(C(N)=O)c(Oc2ccc(Oc3ccccc3)cc2)n1. The van der Waals surface area contributed by atoms with Gasteiger partial charge in [-0.2, -0.15) is 4.98 Å². The number of allylic oxidation sites excluding steroid dienone is 1. The lowest BCUT2D eigenvalue weighted by Gasteiger charge is -2.48. The fourth-order valence-electron chi connectivity index (χ4n) is 3.98. The minimum absolute atomic E-state index is 0.0561. The van der Waals surface area contributed by atoms with E-state index in [-0.39, 0.29) is 23.3 Å². The van der Waals surface area contributed by atoms with Crippen molar-refractivity contribution in [1.82, 2.24) is 4.98 Å². The minimum Gasteiger partial charge on any atom is -0.457 e. The van der Waals surface area contributed by atoms with Crippen LogP contribution in [0.5, 0.6) is 23.1 Å². The molecular weight excluding hydrogens is 442 g/mol. The van der Waals surface area contributed by atoms with Crippen LogP contribution in [-0.4, -0.2) is 29.3 Å². The maximum absolute atomic E-state index is 12.0. The summed E-state index contributed by atoms with van der Waals surface area (Å²) in [5, 5.41) is 0. The van der Waals surface area contributed by atoms with Crippen molar-refractivity contribution >= 4 is 17.5 Å². The second kappa shape index (κ2) is 10.3. The number of primary amides is 1. The lowest BCUT2D eigenvalue weighted by Crippen LogP contribution is -2.55. The fourth-order valence-corrected chi connectivity index (χ4v) is 3.98. The highest BCUT2D eigenvalue weighted by atomic mass is 16.5. The van der Waals surface area contributed by atoms with Crippen molar-refractivity contribution in [3.8, 4) is 23.1 Å². The Morgan fingerprint density at radius 2 is 1.66 bits per heavy atom. The first-order chi connectivity index (χ1) is 16.9. The quantitative estimate of drug-likeness (QED) is 0.405. The van der Waals surface area contributed by atoms with Gasteiger partial charge >= 0.3 is 0 Å². The number of rotatable bonds is 10. The first kappa shape index (κ1) is 23.8. The van der Waals surface area contributed by atoms with Gasteiger partial charge in [-0.25, -0.2) is 0 Å². The lowest BCUT2D eigenvalue weighted by molar-refractivity contribution is -0.111. The number of carbonyl (C=O) groups is 2. The van der Waals surface area contributed by atoms with Crippen LogP contribution in [0.25, 0.3) is 0 Å². The Kier molecular flexibility index (Phi) is 6.96. The Balaban J connectivity index is 1.52. The molecule has 0 radical (unpaired) electrons. The van der Waals surface area contributed by atoms with E-state index < -0.39 is 5.91 Å². The number of aromatic nitrogens is 1. The van der Waals surface area contributed by atoms with Crippen LogP contribution < -0.4 is 20.1 Å². The largest absolute Gasteiger partial charge is 0.457 e. The number of para-hydroxylation sites is 1. The number of ketones is 1. The molecule has 2 aromatic carbocycles. The number of hydrogen-bond acceptors (Lipinski definition) is 6. The summed E-state index contributed by atoms with van der Waals surface area (Å²) in [4.78, 5) is 30.6. The summed E-state index contributed by atoms with van der Waals surface area (Å²) in [6.07, 6.45) is 1.78. The standard InChI is InChI=1S/C28H27N3O4/c1-4-25(32)18(2)16-24-19(3)17-31(24)26-15-14-23(27(29)33)28(30-26)35-22-12-10-21(11-13-22)34-20-8-6-5-7-9-20/h4-15,19,24H,1-2,16-17H2,3H3,(H2,29,33). The van der Waals surface area contributed by atoms with Crippen molar-refractivity contribution in [2.75, 3.05) is 11.4 Å². The summed E-state index contributed by atoms with van der Waals surface area (Å²) in [6.45, 7) is 10.3. The molecule has 2 unspecified atom stereocenters. The Morgan fingerprint density at radius 3 is 2.26 bits per heavy atom. The van der Waals surface area contributed by atoms with E-state index in [2.05, 4.69) is 30.0 Å². The summed E-state index contributed by atoms with van der Waals surface area (Å²) in [5.74, 6) is 2.15.